The predicted octanol–water partition coefficient (Wildman–Crippen LogP) is 2.55. The van der Waals surface area contributed by atoms with Crippen LogP contribution in [-0.4, -0.2) is 12.6 Å². The molecule has 2 unspecified atom stereocenters. The second-order valence-corrected chi connectivity index (χ2v) is 5.42. The number of rotatable bonds is 4. The first-order valence-electron chi connectivity index (χ1n) is 7.01. The normalized spacial score (nSPS) is 18.4. The van der Waals surface area contributed by atoms with Crippen LogP contribution in [0.3, 0.4) is 0 Å². The molecule has 0 spiro atoms. The van der Waals surface area contributed by atoms with Crippen molar-refractivity contribution in [2.75, 3.05) is 6.61 Å². The molecule has 0 aromatic heterocycles. The van der Waals surface area contributed by atoms with Gasteiger partial charge in [0, 0.05) is 17.5 Å². The minimum absolute atomic E-state index is 0.182. The van der Waals surface area contributed by atoms with Crippen molar-refractivity contribution >= 4 is 0 Å². The van der Waals surface area contributed by atoms with Gasteiger partial charge in [-0.1, -0.05) is 48.0 Å². The lowest BCUT2D eigenvalue weighted by atomic mass is 9.89. The molecule has 0 saturated carbocycles. The molecule has 3 rings (SSSR count). The molecule has 0 saturated heterocycles. The van der Waals surface area contributed by atoms with Gasteiger partial charge in [-0.3, -0.25) is 11.3 Å². The van der Waals surface area contributed by atoms with Crippen molar-refractivity contribution in [2.24, 2.45) is 5.84 Å². The van der Waals surface area contributed by atoms with Crippen molar-refractivity contribution in [2.45, 2.75) is 25.3 Å². The average molecular weight is 268 g/mol. The van der Waals surface area contributed by atoms with Crippen LogP contribution >= 0.6 is 0 Å². The third kappa shape index (κ3) is 2.55. The molecule has 1 aliphatic heterocycles. The van der Waals surface area contributed by atoms with Crippen LogP contribution in [0.15, 0.2) is 48.5 Å². The first kappa shape index (κ1) is 13.2. The zero-order chi connectivity index (χ0) is 13.9. The van der Waals surface area contributed by atoms with Crippen LogP contribution in [0.1, 0.15) is 22.6 Å². The molecule has 1 heterocycles. The van der Waals surface area contributed by atoms with E-state index in [1.165, 1.54) is 16.7 Å². The highest BCUT2D eigenvalue weighted by molar-refractivity contribution is 5.41. The standard InChI is InChI=1S/C17H20N2O/c1-12-6-8-13(9-7-12)10-16(19-18)15-11-20-17-5-3-2-4-14(15)17/h2-9,15-16,19H,10-11,18H2,1H3. The van der Waals surface area contributed by atoms with Crippen LogP contribution in [0.5, 0.6) is 5.75 Å². The maximum Gasteiger partial charge on any atom is 0.122 e. The number of para-hydroxylation sites is 1. The third-order valence-corrected chi connectivity index (χ3v) is 4.01. The highest BCUT2D eigenvalue weighted by Gasteiger charge is 2.30. The van der Waals surface area contributed by atoms with Gasteiger partial charge in [0.05, 0.1) is 6.61 Å². The Labute approximate surface area is 119 Å². The Morgan fingerprint density at radius 2 is 1.95 bits per heavy atom. The number of ether oxygens (including phenoxy) is 1. The molecule has 0 aliphatic carbocycles. The van der Waals surface area contributed by atoms with Gasteiger partial charge >= 0.3 is 0 Å². The van der Waals surface area contributed by atoms with Crippen molar-refractivity contribution in [1.82, 2.24) is 5.43 Å². The summed E-state index contributed by atoms with van der Waals surface area (Å²) in [7, 11) is 0. The molecule has 3 nitrogen and oxygen atoms in total. The number of hydrazine groups is 1. The molecular weight excluding hydrogens is 248 g/mol. The number of hydrogen-bond acceptors (Lipinski definition) is 3. The summed E-state index contributed by atoms with van der Waals surface area (Å²) in [5, 5.41) is 0. The highest BCUT2D eigenvalue weighted by atomic mass is 16.5. The quantitative estimate of drug-likeness (QED) is 0.662. The topological polar surface area (TPSA) is 47.3 Å². The lowest BCUT2D eigenvalue weighted by Crippen LogP contribution is -2.42. The van der Waals surface area contributed by atoms with E-state index in [1.54, 1.807) is 0 Å². The summed E-state index contributed by atoms with van der Waals surface area (Å²) in [5.74, 6) is 7.07. The second kappa shape index (κ2) is 5.65. The Morgan fingerprint density at radius 3 is 2.70 bits per heavy atom. The van der Waals surface area contributed by atoms with Gasteiger partial charge in [0.1, 0.15) is 5.75 Å². The Balaban J connectivity index is 1.79. The average Bonchev–Trinajstić information content (AvgIpc) is 2.91. The van der Waals surface area contributed by atoms with E-state index in [0.717, 1.165) is 12.2 Å². The third-order valence-electron chi connectivity index (χ3n) is 4.01. The fraction of sp³-hybridized carbons (Fsp3) is 0.294. The number of aryl methyl sites for hydroxylation is 1. The molecule has 3 heteroatoms. The first-order chi connectivity index (χ1) is 9.78. The summed E-state index contributed by atoms with van der Waals surface area (Å²) < 4.78 is 5.76. The molecule has 104 valence electrons. The lowest BCUT2D eigenvalue weighted by Gasteiger charge is -2.22. The van der Waals surface area contributed by atoms with Gasteiger partial charge in [-0.15, -0.1) is 0 Å². The zero-order valence-corrected chi connectivity index (χ0v) is 11.7. The number of fused-ring (bicyclic) bond motifs is 1. The summed E-state index contributed by atoms with van der Waals surface area (Å²) in [5.41, 5.74) is 6.79. The molecule has 0 amide bonds. The van der Waals surface area contributed by atoms with Gasteiger partial charge in [0.15, 0.2) is 0 Å². The van der Waals surface area contributed by atoms with Crippen molar-refractivity contribution in [3.05, 3.63) is 65.2 Å². The Morgan fingerprint density at radius 1 is 1.20 bits per heavy atom. The van der Waals surface area contributed by atoms with Crippen LogP contribution in [0.25, 0.3) is 0 Å². The van der Waals surface area contributed by atoms with E-state index >= 15 is 0 Å². The zero-order valence-electron chi connectivity index (χ0n) is 11.7. The first-order valence-corrected chi connectivity index (χ1v) is 7.01. The number of benzene rings is 2. The summed E-state index contributed by atoms with van der Waals surface area (Å²) in [6.45, 7) is 2.80. The summed E-state index contributed by atoms with van der Waals surface area (Å²) in [4.78, 5) is 0. The SMILES string of the molecule is Cc1ccc(CC(NN)C2COc3ccccc32)cc1. The monoisotopic (exact) mass is 268 g/mol. The van der Waals surface area contributed by atoms with Crippen LogP contribution in [0.2, 0.25) is 0 Å². The van der Waals surface area contributed by atoms with E-state index in [0.29, 0.717) is 12.5 Å². The summed E-state index contributed by atoms with van der Waals surface area (Å²) >= 11 is 0. The minimum atomic E-state index is 0.182. The van der Waals surface area contributed by atoms with Crippen molar-refractivity contribution in [3.8, 4) is 5.75 Å². The van der Waals surface area contributed by atoms with Crippen molar-refractivity contribution in [3.63, 3.8) is 0 Å². The van der Waals surface area contributed by atoms with Crippen molar-refractivity contribution < 1.29 is 4.74 Å². The van der Waals surface area contributed by atoms with E-state index in [9.17, 15) is 0 Å². The van der Waals surface area contributed by atoms with E-state index in [-0.39, 0.29) is 6.04 Å². The fourth-order valence-corrected chi connectivity index (χ4v) is 2.82. The molecule has 1 aliphatic rings. The Hall–Kier alpha value is -1.84. The van der Waals surface area contributed by atoms with Crippen LogP contribution in [0.4, 0.5) is 0 Å². The summed E-state index contributed by atoms with van der Waals surface area (Å²) in [6, 6.07) is 17.0. The largest absolute Gasteiger partial charge is 0.493 e. The van der Waals surface area contributed by atoms with E-state index < -0.39 is 0 Å². The predicted molar refractivity (Wildman–Crippen MR) is 80.7 cm³/mol. The van der Waals surface area contributed by atoms with Gasteiger partial charge < -0.3 is 4.74 Å². The molecule has 2 aromatic carbocycles. The maximum atomic E-state index is 5.78. The lowest BCUT2D eigenvalue weighted by molar-refractivity contribution is 0.297. The number of nitrogens with two attached hydrogens (primary N) is 1. The molecule has 20 heavy (non-hydrogen) atoms. The van der Waals surface area contributed by atoms with Gasteiger partial charge in [-0.2, -0.15) is 0 Å². The van der Waals surface area contributed by atoms with E-state index in [2.05, 4.69) is 48.7 Å². The Kier molecular flexibility index (Phi) is 3.72. The molecule has 0 fully saturated rings. The molecular formula is C17H20N2O. The number of nitrogens with one attached hydrogen (secondary N) is 1. The maximum absolute atomic E-state index is 5.78. The van der Waals surface area contributed by atoms with E-state index in [4.69, 9.17) is 10.6 Å². The van der Waals surface area contributed by atoms with Gasteiger partial charge in [-0.25, -0.2) is 0 Å². The molecule has 3 N–H and O–H groups in total. The van der Waals surface area contributed by atoms with E-state index in [1.807, 2.05) is 12.1 Å². The van der Waals surface area contributed by atoms with Gasteiger partial charge in [0.2, 0.25) is 0 Å². The van der Waals surface area contributed by atoms with Crippen LogP contribution in [0, 0.1) is 6.92 Å². The van der Waals surface area contributed by atoms with Crippen molar-refractivity contribution in [1.29, 1.82) is 0 Å². The number of hydrogen-bond donors (Lipinski definition) is 2. The summed E-state index contributed by atoms with van der Waals surface area (Å²) in [6.07, 6.45) is 0.902. The molecule has 0 bridgehead atoms. The second-order valence-electron chi connectivity index (χ2n) is 5.42. The molecule has 0 radical (unpaired) electrons. The smallest absolute Gasteiger partial charge is 0.122 e. The highest BCUT2D eigenvalue weighted by Crippen LogP contribution is 2.36. The fourth-order valence-electron chi connectivity index (χ4n) is 2.82. The van der Waals surface area contributed by atoms with Gasteiger partial charge in [-0.05, 0) is 25.0 Å². The van der Waals surface area contributed by atoms with Crippen LogP contribution in [-0.2, 0) is 6.42 Å². The Bertz CT molecular complexity index is 580. The van der Waals surface area contributed by atoms with Crippen LogP contribution < -0.4 is 16.0 Å². The van der Waals surface area contributed by atoms with Gasteiger partial charge in [0.25, 0.3) is 0 Å². The molecule has 2 aromatic rings. The molecule has 2 atom stereocenters. The minimum Gasteiger partial charge on any atom is -0.493 e.